The van der Waals surface area contributed by atoms with Gasteiger partial charge in [0, 0.05) is 54.5 Å². The Morgan fingerprint density at radius 1 is 0.512 bits per heavy atom. The molecule has 0 aliphatic carbocycles. The van der Waals surface area contributed by atoms with Crippen LogP contribution in [0, 0.1) is 0 Å². The Morgan fingerprint density at radius 3 is 1.21 bits per heavy atom. The number of hydrogen-bond acceptors (Lipinski definition) is 6. The average molecular weight is 569 g/mol. The molecular weight excluding hydrogens is 532 g/mol. The normalized spacial score (nSPS) is 15.8. The lowest BCUT2D eigenvalue weighted by atomic mass is 10.0. The van der Waals surface area contributed by atoms with E-state index in [-0.39, 0.29) is 18.1 Å². The van der Waals surface area contributed by atoms with Crippen molar-refractivity contribution in [3.63, 3.8) is 0 Å². The molecule has 2 heterocycles. The number of benzene rings is 5. The van der Waals surface area contributed by atoms with E-state index in [1.807, 2.05) is 18.2 Å². The topological polar surface area (TPSA) is 42.4 Å². The van der Waals surface area contributed by atoms with Crippen LogP contribution in [0.2, 0.25) is 0 Å². The molecule has 6 heteroatoms. The lowest BCUT2D eigenvalue weighted by Crippen LogP contribution is -2.33. The van der Waals surface area contributed by atoms with Crippen LogP contribution in [0.15, 0.2) is 133 Å². The minimum atomic E-state index is -0.226. The minimum Gasteiger partial charge on any atom is -0.504 e. The van der Waals surface area contributed by atoms with Gasteiger partial charge in [0.2, 0.25) is 0 Å². The van der Waals surface area contributed by atoms with E-state index in [1.165, 1.54) is 0 Å². The number of para-hydroxylation sites is 4. The number of methoxy groups -OCH3 is 1. The monoisotopic (exact) mass is 568 g/mol. The predicted octanol–water partition coefficient (Wildman–Crippen LogP) is 7.45. The van der Waals surface area contributed by atoms with Gasteiger partial charge in [-0.1, -0.05) is 72.8 Å². The van der Waals surface area contributed by atoms with E-state index in [2.05, 4.69) is 135 Å². The van der Waals surface area contributed by atoms with E-state index >= 15 is 0 Å². The van der Waals surface area contributed by atoms with Crippen molar-refractivity contribution in [2.24, 2.45) is 0 Å². The Hall–Kier alpha value is -5.10. The van der Waals surface area contributed by atoms with Crippen LogP contribution in [-0.2, 0) is 0 Å². The van der Waals surface area contributed by atoms with Gasteiger partial charge in [0.15, 0.2) is 11.5 Å². The first-order valence-electron chi connectivity index (χ1n) is 14.9. The summed E-state index contributed by atoms with van der Waals surface area (Å²) in [6.07, 6.45) is -0.315. The van der Waals surface area contributed by atoms with Crippen LogP contribution in [0.25, 0.3) is 0 Å². The predicted molar refractivity (Wildman–Crippen MR) is 175 cm³/mol. The van der Waals surface area contributed by atoms with Crippen LogP contribution in [0.5, 0.6) is 11.5 Å². The maximum absolute atomic E-state index is 11.8. The summed E-state index contributed by atoms with van der Waals surface area (Å²) in [6, 6.07) is 46.3. The Morgan fingerprint density at radius 2 is 0.860 bits per heavy atom. The first kappa shape index (κ1) is 26.8. The van der Waals surface area contributed by atoms with Gasteiger partial charge in [-0.05, 0) is 66.2 Å². The molecule has 2 fully saturated rings. The summed E-state index contributed by atoms with van der Waals surface area (Å²) in [5.41, 5.74) is 6.46. The SMILES string of the molecule is COc1cc(C2N(c3ccccc3)CCN2c2ccccc2)cc(C2N(c3ccccc3)CCN2c2ccccc2)c1O. The zero-order valence-corrected chi connectivity index (χ0v) is 24.3. The third-order valence-electron chi connectivity index (χ3n) is 8.62. The average Bonchev–Trinajstić information content (AvgIpc) is 3.72. The van der Waals surface area contributed by atoms with Crippen molar-refractivity contribution < 1.29 is 9.84 Å². The lowest BCUT2D eigenvalue weighted by molar-refractivity contribution is 0.367. The van der Waals surface area contributed by atoms with Gasteiger partial charge in [-0.15, -0.1) is 0 Å². The van der Waals surface area contributed by atoms with Crippen molar-refractivity contribution in [3.8, 4) is 11.5 Å². The van der Waals surface area contributed by atoms with Crippen LogP contribution in [0.3, 0.4) is 0 Å². The molecule has 5 aromatic rings. The third-order valence-corrected chi connectivity index (χ3v) is 8.62. The van der Waals surface area contributed by atoms with Crippen LogP contribution in [0.4, 0.5) is 22.7 Å². The summed E-state index contributed by atoms with van der Waals surface area (Å²) in [5, 5.41) is 11.8. The first-order chi connectivity index (χ1) is 21.2. The molecule has 0 radical (unpaired) electrons. The Labute approximate surface area is 253 Å². The minimum absolute atomic E-state index is 0.0881. The fourth-order valence-corrected chi connectivity index (χ4v) is 6.66. The molecule has 216 valence electrons. The van der Waals surface area contributed by atoms with Gasteiger partial charge in [-0.25, -0.2) is 0 Å². The van der Waals surface area contributed by atoms with Crippen molar-refractivity contribution in [1.29, 1.82) is 0 Å². The molecular formula is C37H36N4O2. The number of nitrogens with zero attached hydrogens (tertiary/aromatic N) is 4. The highest BCUT2D eigenvalue weighted by molar-refractivity contribution is 5.65. The van der Waals surface area contributed by atoms with Crippen molar-refractivity contribution in [3.05, 3.63) is 145 Å². The van der Waals surface area contributed by atoms with Crippen LogP contribution >= 0.6 is 0 Å². The van der Waals surface area contributed by atoms with E-state index in [0.29, 0.717) is 5.75 Å². The number of ether oxygens (including phenoxy) is 1. The van der Waals surface area contributed by atoms with Crippen LogP contribution in [-0.4, -0.2) is 38.4 Å². The lowest BCUT2D eigenvalue weighted by Gasteiger charge is -2.36. The van der Waals surface area contributed by atoms with Crippen LogP contribution < -0.4 is 24.3 Å². The summed E-state index contributed by atoms with van der Waals surface area (Å²) < 4.78 is 5.89. The molecule has 6 nitrogen and oxygen atoms in total. The second-order valence-corrected chi connectivity index (χ2v) is 11.0. The molecule has 2 aliphatic rings. The van der Waals surface area contributed by atoms with E-state index < -0.39 is 0 Å². The molecule has 0 aromatic heterocycles. The molecule has 0 saturated carbocycles. The number of aromatic hydroxyl groups is 1. The maximum atomic E-state index is 11.8. The quantitative estimate of drug-likeness (QED) is 0.220. The van der Waals surface area contributed by atoms with Crippen molar-refractivity contribution in [2.75, 3.05) is 52.9 Å². The summed E-state index contributed by atoms with van der Waals surface area (Å²) in [7, 11) is 1.64. The highest BCUT2D eigenvalue weighted by atomic mass is 16.5. The largest absolute Gasteiger partial charge is 0.504 e. The molecule has 0 unspecified atom stereocenters. The van der Waals surface area contributed by atoms with Crippen molar-refractivity contribution in [1.82, 2.24) is 0 Å². The molecule has 0 bridgehead atoms. The maximum Gasteiger partial charge on any atom is 0.164 e. The standard InChI is InChI=1S/C37H36N4O2/c1-43-34-27-28(36-38(29-14-6-2-7-15-29)22-23-39(36)30-16-8-3-9-17-30)26-33(35(34)42)37-40(31-18-10-4-11-19-31)24-25-41(37)32-20-12-5-13-21-32/h2-21,26-27,36-37,42H,22-25H2,1H3. The van der Waals surface area contributed by atoms with E-state index in [9.17, 15) is 5.11 Å². The van der Waals surface area contributed by atoms with E-state index in [0.717, 1.165) is 60.1 Å². The Bertz CT molecular complexity index is 1560. The molecule has 43 heavy (non-hydrogen) atoms. The highest BCUT2D eigenvalue weighted by Crippen LogP contribution is 2.47. The van der Waals surface area contributed by atoms with E-state index in [4.69, 9.17) is 4.74 Å². The molecule has 1 N–H and O–H groups in total. The number of phenols is 1. The fourth-order valence-electron chi connectivity index (χ4n) is 6.66. The van der Waals surface area contributed by atoms with Gasteiger partial charge >= 0.3 is 0 Å². The smallest absolute Gasteiger partial charge is 0.164 e. The van der Waals surface area contributed by atoms with Gasteiger partial charge in [0.05, 0.1) is 7.11 Å². The molecule has 0 atom stereocenters. The second-order valence-electron chi connectivity index (χ2n) is 11.0. The molecule has 7 rings (SSSR count). The molecule has 0 amide bonds. The van der Waals surface area contributed by atoms with Gasteiger partial charge in [0.1, 0.15) is 12.3 Å². The van der Waals surface area contributed by atoms with Gasteiger partial charge in [0.25, 0.3) is 0 Å². The van der Waals surface area contributed by atoms with Gasteiger partial charge in [-0.3, -0.25) is 0 Å². The number of phenolic OH excluding ortho intramolecular Hbond substituents is 1. The number of hydrogen-bond donors (Lipinski definition) is 1. The zero-order valence-electron chi connectivity index (χ0n) is 24.3. The van der Waals surface area contributed by atoms with Crippen LogP contribution in [0.1, 0.15) is 23.5 Å². The summed E-state index contributed by atoms with van der Waals surface area (Å²) in [4.78, 5) is 9.65. The van der Waals surface area contributed by atoms with Gasteiger partial charge < -0.3 is 29.4 Å². The molecule has 5 aromatic carbocycles. The summed E-state index contributed by atoms with van der Waals surface area (Å²) >= 11 is 0. The Balaban J connectivity index is 1.40. The fraction of sp³-hybridized carbons (Fsp3) is 0.189. The molecule has 2 saturated heterocycles. The number of rotatable bonds is 7. The number of anilines is 4. The third kappa shape index (κ3) is 4.99. The zero-order chi connectivity index (χ0) is 29.2. The summed E-state index contributed by atoms with van der Waals surface area (Å²) in [5.74, 6) is 0.656. The highest BCUT2D eigenvalue weighted by Gasteiger charge is 2.39. The summed E-state index contributed by atoms with van der Waals surface area (Å²) in [6.45, 7) is 3.39. The molecule has 2 aliphatic heterocycles. The van der Waals surface area contributed by atoms with Crippen molar-refractivity contribution >= 4 is 22.7 Å². The van der Waals surface area contributed by atoms with E-state index in [1.54, 1.807) is 7.11 Å². The van der Waals surface area contributed by atoms with Gasteiger partial charge in [-0.2, -0.15) is 0 Å². The van der Waals surface area contributed by atoms with Crippen molar-refractivity contribution in [2.45, 2.75) is 12.3 Å². The molecule has 0 spiro atoms. The second kappa shape index (κ2) is 11.6. The Kier molecular flexibility index (Phi) is 7.25. The first-order valence-corrected chi connectivity index (χ1v) is 14.9.